The van der Waals surface area contributed by atoms with Crippen LogP contribution in [0.15, 0.2) is 66.9 Å². The molecular formula is C18H14FN. The summed E-state index contributed by atoms with van der Waals surface area (Å²) in [6.45, 7) is 2.03. The molecule has 3 aromatic rings. The molecule has 0 unspecified atom stereocenters. The monoisotopic (exact) mass is 263 g/mol. The molecule has 0 bridgehead atoms. The van der Waals surface area contributed by atoms with E-state index in [1.54, 1.807) is 18.3 Å². The second-order valence-electron chi connectivity index (χ2n) is 4.72. The third-order valence-electron chi connectivity index (χ3n) is 3.33. The Labute approximate surface area is 117 Å². The number of aromatic nitrogens is 1. The molecule has 0 amide bonds. The standard InChI is InChI=1S/C18H14FN/c1-13-6-5-11-20-18(13)17-10-3-2-9-16(17)14-7-4-8-15(19)12-14/h2-12H,1H3. The van der Waals surface area contributed by atoms with Crippen molar-refractivity contribution in [1.29, 1.82) is 0 Å². The van der Waals surface area contributed by atoms with E-state index >= 15 is 0 Å². The summed E-state index contributed by atoms with van der Waals surface area (Å²) >= 11 is 0. The van der Waals surface area contributed by atoms with Crippen molar-refractivity contribution in [3.8, 4) is 22.4 Å². The molecule has 0 radical (unpaired) electrons. The Balaban J connectivity index is 2.22. The van der Waals surface area contributed by atoms with Crippen molar-refractivity contribution in [3.63, 3.8) is 0 Å². The van der Waals surface area contributed by atoms with Crippen molar-refractivity contribution in [2.45, 2.75) is 6.92 Å². The predicted octanol–water partition coefficient (Wildman–Crippen LogP) is 4.86. The molecule has 98 valence electrons. The van der Waals surface area contributed by atoms with Gasteiger partial charge in [0.15, 0.2) is 0 Å². The average Bonchev–Trinajstić information content (AvgIpc) is 2.48. The molecule has 0 aliphatic heterocycles. The zero-order chi connectivity index (χ0) is 13.9. The summed E-state index contributed by atoms with van der Waals surface area (Å²) in [5.41, 5.74) is 4.93. The lowest BCUT2D eigenvalue weighted by Crippen LogP contribution is -1.91. The van der Waals surface area contributed by atoms with Gasteiger partial charge in [0.25, 0.3) is 0 Å². The van der Waals surface area contributed by atoms with Gasteiger partial charge < -0.3 is 0 Å². The number of benzene rings is 2. The minimum atomic E-state index is -0.227. The maximum absolute atomic E-state index is 13.5. The second-order valence-corrected chi connectivity index (χ2v) is 4.72. The summed E-state index contributed by atoms with van der Waals surface area (Å²) in [4.78, 5) is 4.46. The minimum Gasteiger partial charge on any atom is -0.256 e. The van der Waals surface area contributed by atoms with Crippen LogP contribution in [0.4, 0.5) is 4.39 Å². The van der Waals surface area contributed by atoms with Gasteiger partial charge in [-0.2, -0.15) is 0 Å². The molecule has 20 heavy (non-hydrogen) atoms. The summed E-state index contributed by atoms with van der Waals surface area (Å²) in [7, 11) is 0. The van der Waals surface area contributed by atoms with Gasteiger partial charge in [-0.1, -0.05) is 42.5 Å². The highest BCUT2D eigenvalue weighted by Crippen LogP contribution is 2.32. The van der Waals surface area contributed by atoms with E-state index in [-0.39, 0.29) is 5.82 Å². The van der Waals surface area contributed by atoms with E-state index in [9.17, 15) is 4.39 Å². The summed E-state index contributed by atoms with van der Waals surface area (Å²) in [5.74, 6) is -0.227. The highest BCUT2D eigenvalue weighted by Gasteiger charge is 2.10. The third kappa shape index (κ3) is 2.32. The highest BCUT2D eigenvalue weighted by molar-refractivity contribution is 5.82. The van der Waals surface area contributed by atoms with E-state index < -0.39 is 0 Å². The number of hydrogen-bond acceptors (Lipinski definition) is 1. The zero-order valence-corrected chi connectivity index (χ0v) is 11.2. The van der Waals surface area contributed by atoms with Gasteiger partial charge in [0.05, 0.1) is 5.69 Å². The minimum absolute atomic E-state index is 0.227. The molecule has 1 aromatic heterocycles. The first-order valence-corrected chi connectivity index (χ1v) is 6.52. The van der Waals surface area contributed by atoms with Crippen LogP contribution < -0.4 is 0 Å². The van der Waals surface area contributed by atoms with Crippen LogP contribution in [-0.2, 0) is 0 Å². The molecular weight excluding hydrogens is 249 g/mol. The highest BCUT2D eigenvalue weighted by atomic mass is 19.1. The quantitative estimate of drug-likeness (QED) is 0.643. The van der Waals surface area contributed by atoms with Crippen LogP contribution in [0.3, 0.4) is 0 Å². The summed E-state index contributed by atoms with van der Waals surface area (Å²) in [5, 5.41) is 0. The Morgan fingerprint density at radius 2 is 1.65 bits per heavy atom. The number of aryl methyl sites for hydroxylation is 1. The molecule has 1 nitrogen and oxygen atoms in total. The van der Waals surface area contributed by atoms with E-state index in [4.69, 9.17) is 0 Å². The number of hydrogen-bond donors (Lipinski definition) is 0. The van der Waals surface area contributed by atoms with E-state index in [1.807, 2.05) is 49.4 Å². The van der Waals surface area contributed by atoms with Crippen LogP contribution in [-0.4, -0.2) is 4.98 Å². The van der Waals surface area contributed by atoms with Gasteiger partial charge in [0, 0.05) is 11.8 Å². The zero-order valence-electron chi connectivity index (χ0n) is 11.2. The van der Waals surface area contributed by atoms with Crippen LogP contribution in [0.1, 0.15) is 5.56 Å². The Morgan fingerprint density at radius 1 is 0.850 bits per heavy atom. The molecule has 2 heteroatoms. The molecule has 0 fully saturated rings. The molecule has 0 atom stereocenters. The Kier molecular flexibility index (Phi) is 3.30. The summed E-state index contributed by atoms with van der Waals surface area (Å²) < 4.78 is 13.5. The van der Waals surface area contributed by atoms with E-state index in [1.165, 1.54) is 6.07 Å². The van der Waals surface area contributed by atoms with Crippen molar-refractivity contribution in [2.75, 3.05) is 0 Å². The fourth-order valence-corrected chi connectivity index (χ4v) is 2.37. The third-order valence-corrected chi connectivity index (χ3v) is 3.33. The van der Waals surface area contributed by atoms with Crippen molar-refractivity contribution in [1.82, 2.24) is 4.98 Å². The average molecular weight is 263 g/mol. The summed E-state index contributed by atoms with van der Waals surface area (Å²) in [6, 6.07) is 18.6. The predicted molar refractivity (Wildman–Crippen MR) is 79.8 cm³/mol. The molecule has 2 aromatic carbocycles. The lowest BCUT2D eigenvalue weighted by atomic mass is 9.95. The number of rotatable bonds is 2. The molecule has 0 saturated heterocycles. The first-order chi connectivity index (χ1) is 9.75. The van der Waals surface area contributed by atoms with Crippen LogP contribution >= 0.6 is 0 Å². The molecule has 0 aliphatic rings. The van der Waals surface area contributed by atoms with E-state index in [0.717, 1.165) is 27.9 Å². The summed E-state index contributed by atoms with van der Waals surface area (Å²) in [6.07, 6.45) is 1.78. The first-order valence-electron chi connectivity index (χ1n) is 6.52. The second kappa shape index (κ2) is 5.25. The van der Waals surface area contributed by atoms with E-state index in [0.29, 0.717) is 0 Å². The van der Waals surface area contributed by atoms with Gasteiger partial charge in [-0.3, -0.25) is 4.98 Å². The van der Waals surface area contributed by atoms with Crippen LogP contribution in [0, 0.1) is 12.7 Å². The van der Waals surface area contributed by atoms with Gasteiger partial charge >= 0.3 is 0 Å². The fraction of sp³-hybridized carbons (Fsp3) is 0.0556. The van der Waals surface area contributed by atoms with Crippen LogP contribution in [0.25, 0.3) is 22.4 Å². The van der Waals surface area contributed by atoms with Gasteiger partial charge in [-0.15, -0.1) is 0 Å². The molecule has 0 spiro atoms. The maximum Gasteiger partial charge on any atom is 0.123 e. The fourth-order valence-electron chi connectivity index (χ4n) is 2.37. The Hall–Kier alpha value is -2.48. The molecule has 3 rings (SSSR count). The maximum atomic E-state index is 13.5. The topological polar surface area (TPSA) is 12.9 Å². The smallest absolute Gasteiger partial charge is 0.123 e. The van der Waals surface area contributed by atoms with Crippen LogP contribution in [0.2, 0.25) is 0 Å². The SMILES string of the molecule is Cc1cccnc1-c1ccccc1-c1cccc(F)c1. The van der Waals surface area contributed by atoms with Crippen LogP contribution in [0.5, 0.6) is 0 Å². The normalized spacial score (nSPS) is 10.5. The van der Waals surface area contributed by atoms with Gasteiger partial charge in [0.1, 0.15) is 5.82 Å². The van der Waals surface area contributed by atoms with Crippen molar-refractivity contribution < 1.29 is 4.39 Å². The van der Waals surface area contributed by atoms with Gasteiger partial charge in [-0.05, 0) is 41.8 Å². The lowest BCUT2D eigenvalue weighted by Gasteiger charge is -2.11. The number of nitrogens with zero attached hydrogens (tertiary/aromatic N) is 1. The van der Waals surface area contributed by atoms with E-state index in [2.05, 4.69) is 4.98 Å². The molecule has 0 N–H and O–H groups in total. The first kappa shape index (κ1) is 12.5. The van der Waals surface area contributed by atoms with Crippen molar-refractivity contribution >= 4 is 0 Å². The Bertz CT molecular complexity index is 750. The molecule has 1 heterocycles. The number of halogens is 1. The van der Waals surface area contributed by atoms with Crippen molar-refractivity contribution in [3.05, 3.63) is 78.2 Å². The lowest BCUT2D eigenvalue weighted by molar-refractivity contribution is 0.628. The molecule has 0 aliphatic carbocycles. The van der Waals surface area contributed by atoms with Gasteiger partial charge in [0.2, 0.25) is 0 Å². The van der Waals surface area contributed by atoms with Crippen molar-refractivity contribution in [2.24, 2.45) is 0 Å². The molecule has 0 saturated carbocycles. The Morgan fingerprint density at radius 3 is 2.40 bits per heavy atom. The number of pyridine rings is 1. The van der Waals surface area contributed by atoms with Gasteiger partial charge in [-0.25, -0.2) is 4.39 Å². The largest absolute Gasteiger partial charge is 0.256 e.